The third-order valence-electron chi connectivity index (χ3n) is 4.69. The van der Waals surface area contributed by atoms with Crippen LogP contribution in [0.1, 0.15) is 10.7 Å². The Balaban J connectivity index is 0.00000216. The molecule has 1 unspecified atom stereocenters. The molecule has 2 aromatic heterocycles. The number of aliphatic carboxylic acids is 1. The maximum absolute atomic E-state index is 12.7. The van der Waals surface area contributed by atoms with E-state index >= 15 is 0 Å². The Morgan fingerprint density at radius 3 is 2.71 bits per heavy atom. The second-order valence-electron chi connectivity index (χ2n) is 7.04. The van der Waals surface area contributed by atoms with Gasteiger partial charge in [-0.15, -0.1) is 23.1 Å². The molecule has 4 rings (SSSR count). The fourth-order valence-electron chi connectivity index (χ4n) is 3.32. The van der Waals surface area contributed by atoms with E-state index in [4.69, 9.17) is 4.55 Å². The van der Waals surface area contributed by atoms with E-state index in [2.05, 4.69) is 20.5 Å². The van der Waals surface area contributed by atoms with Crippen LogP contribution in [0.4, 0.5) is 0 Å². The van der Waals surface area contributed by atoms with Gasteiger partial charge in [-0.1, -0.05) is 17.8 Å². The van der Waals surface area contributed by atoms with E-state index in [0.29, 0.717) is 11.3 Å². The molecule has 2 aromatic rings. The Morgan fingerprint density at radius 1 is 1.34 bits per heavy atom. The van der Waals surface area contributed by atoms with E-state index in [1.54, 1.807) is 0 Å². The topological polar surface area (TPSA) is 183 Å². The van der Waals surface area contributed by atoms with Gasteiger partial charge in [0, 0.05) is 16.4 Å². The van der Waals surface area contributed by atoms with Crippen molar-refractivity contribution >= 4 is 122 Å². The molecule has 0 aliphatic carbocycles. The number of aromatic nitrogens is 3. The van der Waals surface area contributed by atoms with Crippen LogP contribution >= 0.6 is 34.9 Å². The first-order valence-electron chi connectivity index (χ1n) is 9.33. The molecular weight excluding hydrogens is 560 g/mol. The first-order valence-corrected chi connectivity index (χ1v) is 13.9. The Morgan fingerprint density at radius 2 is 2.09 bits per heavy atom. The summed E-state index contributed by atoms with van der Waals surface area (Å²) < 4.78 is 30.7. The average molecular weight is 580 g/mol. The Labute approximate surface area is 256 Å². The van der Waals surface area contributed by atoms with Gasteiger partial charge in [-0.3, -0.25) is 24.1 Å². The number of H-pyrrole nitrogens is 1. The van der Waals surface area contributed by atoms with Crippen molar-refractivity contribution in [1.82, 2.24) is 25.4 Å². The molecule has 180 valence electrons. The summed E-state index contributed by atoms with van der Waals surface area (Å²) in [5.41, 5.74) is 0.357. The zero-order chi connectivity index (χ0) is 23.8. The average Bonchev–Trinajstić information content (AvgIpc) is 3.40. The number of fused-ring (bicyclic) bond motifs is 1. The molecule has 0 bridgehead atoms. The molecule has 0 spiro atoms. The molecule has 0 saturated carbocycles. The predicted molar refractivity (Wildman–Crippen MR) is 134 cm³/mol. The van der Waals surface area contributed by atoms with E-state index in [9.17, 15) is 27.9 Å². The third kappa shape index (κ3) is 7.56. The molecule has 18 heteroatoms. The summed E-state index contributed by atoms with van der Waals surface area (Å²) in [5.74, 6) is -2.41. The van der Waals surface area contributed by atoms with Crippen LogP contribution in [-0.2, 0) is 36.7 Å². The maximum atomic E-state index is 12.7. The normalized spacial score (nSPS) is 19.2. The minimum atomic E-state index is -4.28. The Bertz CT molecular complexity index is 1240. The number of thiophene rings is 1. The van der Waals surface area contributed by atoms with Crippen molar-refractivity contribution in [2.75, 3.05) is 11.5 Å². The van der Waals surface area contributed by atoms with Gasteiger partial charge in [0.1, 0.15) is 22.9 Å². The number of carbonyl (C=O) groups excluding carboxylic acids is 2. The molecule has 2 amide bonds. The quantitative estimate of drug-likeness (QED) is 0.124. The van der Waals surface area contributed by atoms with Crippen LogP contribution in [0.15, 0.2) is 33.9 Å². The number of nitrogens with one attached hydrogen (secondary N) is 2. The second-order valence-corrected chi connectivity index (χ2v) is 11.6. The minimum absolute atomic E-state index is 0. The van der Waals surface area contributed by atoms with Gasteiger partial charge in [-0.05, 0) is 17.0 Å². The molecule has 4 N–H and O–H groups in total. The van der Waals surface area contributed by atoms with Crippen LogP contribution in [0.2, 0.25) is 0 Å². The van der Waals surface area contributed by atoms with Crippen LogP contribution in [-0.4, -0.2) is 138 Å². The van der Waals surface area contributed by atoms with Crippen molar-refractivity contribution in [3.8, 4) is 0 Å². The number of amides is 2. The molecule has 35 heavy (non-hydrogen) atoms. The molecule has 2 atom stereocenters. The first-order chi connectivity index (χ1) is 15.6. The van der Waals surface area contributed by atoms with Gasteiger partial charge in [-0.2, -0.15) is 13.5 Å². The SMILES string of the molecule is O=C(Cc1cccs1)NC1C(=O)N2C(C(=O)O)=C(CSc3nc(CS(=O)(=O)O)n[nH]3)CS[C@H]12.[NaH].[NaH]. The van der Waals surface area contributed by atoms with E-state index in [1.165, 1.54) is 28.0 Å². The molecule has 0 aromatic carbocycles. The summed E-state index contributed by atoms with van der Waals surface area (Å²) in [4.78, 5) is 42.9. The summed E-state index contributed by atoms with van der Waals surface area (Å²) in [6.07, 6.45) is 0.152. The number of nitrogens with zero attached hydrogens (tertiary/aromatic N) is 3. The summed E-state index contributed by atoms with van der Waals surface area (Å²) in [7, 11) is -4.28. The zero-order valence-corrected chi connectivity index (χ0v) is 19.9. The Kier molecular flexibility index (Phi) is 11.4. The molecule has 1 saturated heterocycles. The van der Waals surface area contributed by atoms with Gasteiger partial charge < -0.3 is 10.4 Å². The second kappa shape index (κ2) is 12.9. The van der Waals surface area contributed by atoms with E-state index < -0.39 is 39.2 Å². The summed E-state index contributed by atoms with van der Waals surface area (Å²) in [5, 5.41) is 20.2. The van der Waals surface area contributed by atoms with Crippen LogP contribution in [0, 0.1) is 0 Å². The number of β-lactam (4-membered cyclic amide) rings is 1. The standard InChI is InChI=1S/C17H17N5O7S4.2Na.2H/c23-11(4-9-2-1-3-30-9)19-12-14(24)22-13(16(25)26)8(5-31-15(12)22)6-32-17-18-10(20-21-17)7-33(27,28)29;;;;/h1-3,12,15H,4-7H2,(H,19,23)(H,25,26)(H,18,20,21)(H,27,28,29);;;;/t12?,15-;;;;/m1..../s1. The Hall–Kier alpha value is -0.400. The van der Waals surface area contributed by atoms with Crippen LogP contribution in [0.3, 0.4) is 0 Å². The number of carboxylic acids is 1. The van der Waals surface area contributed by atoms with Crippen molar-refractivity contribution in [3.63, 3.8) is 0 Å². The first kappa shape index (κ1) is 30.8. The number of hydrogen-bond acceptors (Lipinski definition) is 10. The van der Waals surface area contributed by atoms with Gasteiger partial charge in [0.05, 0.1) is 6.42 Å². The van der Waals surface area contributed by atoms with Gasteiger partial charge in [0.2, 0.25) is 5.91 Å². The fraction of sp³-hybridized carbons (Fsp3) is 0.353. The predicted octanol–water partition coefficient (Wildman–Crippen LogP) is -0.970. The van der Waals surface area contributed by atoms with E-state index in [-0.39, 0.29) is 93.9 Å². The molecule has 2 aliphatic heterocycles. The van der Waals surface area contributed by atoms with Crippen molar-refractivity contribution in [2.45, 2.75) is 28.7 Å². The fourth-order valence-corrected chi connectivity index (χ4v) is 6.78. The summed E-state index contributed by atoms with van der Waals surface area (Å²) >= 11 is 3.88. The van der Waals surface area contributed by atoms with Gasteiger partial charge in [0.25, 0.3) is 16.0 Å². The molecule has 0 radical (unpaired) electrons. The van der Waals surface area contributed by atoms with Crippen LogP contribution in [0.5, 0.6) is 0 Å². The molecular formula is C17H19N5Na2O7S4. The van der Waals surface area contributed by atoms with Gasteiger partial charge in [-0.25, -0.2) is 9.78 Å². The molecule has 2 aliphatic rings. The summed E-state index contributed by atoms with van der Waals surface area (Å²) in [6, 6.07) is 2.87. The van der Waals surface area contributed by atoms with Crippen molar-refractivity contribution in [1.29, 1.82) is 0 Å². The molecule has 4 heterocycles. The van der Waals surface area contributed by atoms with E-state index in [1.807, 2.05) is 17.5 Å². The number of aromatic amines is 1. The molecule has 1 fully saturated rings. The number of hydrogen-bond donors (Lipinski definition) is 4. The van der Waals surface area contributed by atoms with Crippen molar-refractivity contribution < 1.29 is 32.5 Å². The summed E-state index contributed by atoms with van der Waals surface area (Å²) in [6.45, 7) is 0. The third-order valence-corrected chi connectivity index (χ3v) is 8.47. The van der Waals surface area contributed by atoms with Crippen LogP contribution in [0.25, 0.3) is 0 Å². The number of carboxylic acid groups (broad SMARTS) is 1. The van der Waals surface area contributed by atoms with Crippen molar-refractivity contribution in [2.24, 2.45) is 0 Å². The van der Waals surface area contributed by atoms with Crippen molar-refractivity contribution in [3.05, 3.63) is 39.5 Å². The van der Waals surface area contributed by atoms with Gasteiger partial charge in [0.15, 0.2) is 11.0 Å². The monoisotopic (exact) mass is 579 g/mol. The molecule has 12 nitrogen and oxygen atoms in total. The van der Waals surface area contributed by atoms with E-state index in [0.717, 1.165) is 16.6 Å². The number of carbonyl (C=O) groups is 3. The van der Waals surface area contributed by atoms with Crippen LogP contribution < -0.4 is 5.32 Å². The number of rotatable bonds is 9. The zero-order valence-electron chi connectivity index (χ0n) is 16.6. The number of thioether (sulfide) groups is 2. The van der Waals surface area contributed by atoms with Gasteiger partial charge >= 0.3 is 65.1 Å².